The highest BCUT2D eigenvalue weighted by atomic mass is 16.5. The van der Waals surface area contributed by atoms with Gasteiger partial charge in [0.1, 0.15) is 0 Å². The molecule has 0 radical (unpaired) electrons. The molecule has 0 aliphatic heterocycles. The molecule has 12 heavy (non-hydrogen) atoms. The van der Waals surface area contributed by atoms with E-state index in [4.69, 9.17) is 9.47 Å². The number of ether oxygens (including phenoxy) is 2. The van der Waals surface area contributed by atoms with Gasteiger partial charge < -0.3 is 14.8 Å². The van der Waals surface area contributed by atoms with Crippen molar-refractivity contribution in [3.05, 3.63) is 0 Å². The van der Waals surface area contributed by atoms with Gasteiger partial charge in [0.25, 0.3) is 0 Å². The van der Waals surface area contributed by atoms with Gasteiger partial charge in [0.15, 0.2) is 0 Å². The predicted molar refractivity (Wildman–Crippen MR) is 50.5 cm³/mol. The van der Waals surface area contributed by atoms with E-state index in [1.807, 2.05) is 6.92 Å². The van der Waals surface area contributed by atoms with Gasteiger partial charge in [-0.1, -0.05) is 6.92 Å². The van der Waals surface area contributed by atoms with E-state index in [-0.39, 0.29) is 0 Å². The highest BCUT2D eigenvalue weighted by Gasteiger charge is 2.05. The minimum atomic E-state index is 0.342. The molecule has 74 valence electrons. The monoisotopic (exact) mass is 175 g/mol. The van der Waals surface area contributed by atoms with Gasteiger partial charge in [-0.2, -0.15) is 0 Å². The number of nitrogens with one attached hydrogen (secondary N) is 1. The second-order valence-electron chi connectivity index (χ2n) is 2.77. The first-order chi connectivity index (χ1) is 5.85. The zero-order valence-corrected chi connectivity index (χ0v) is 8.43. The molecular weight excluding hydrogens is 154 g/mol. The maximum atomic E-state index is 5.30. The second kappa shape index (κ2) is 8.97. The lowest BCUT2D eigenvalue weighted by Crippen LogP contribution is -2.37. The summed E-state index contributed by atoms with van der Waals surface area (Å²) < 4.78 is 10.4. The predicted octanol–water partition coefficient (Wildman–Crippen LogP) is 1.04. The van der Waals surface area contributed by atoms with Crippen LogP contribution < -0.4 is 5.32 Å². The Labute approximate surface area is 75.4 Å². The third-order valence-corrected chi connectivity index (χ3v) is 1.57. The normalized spacial score (nSPS) is 13.2. The number of methoxy groups -OCH3 is 1. The molecule has 0 amide bonds. The first-order valence-corrected chi connectivity index (χ1v) is 4.65. The third kappa shape index (κ3) is 6.58. The quantitative estimate of drug-likeness (QED) is 0.598. The van der Waals surface area contributed by atoms with Gasteiger partial charge in [-0.15, -0.1) is 0 Å². The molecule has 0 rings (SSSR count). The Morgan fingerprint density at radius 2 is 2.00 bits per heavy atom. The largest absolute Gasteiger partial charge is 0.383 e. The van der Waals surface area contributed by atoms with E-state index in [1.54, 1.807) is 7.11 Å². The Morgan fingerprint density at radius 3 is 2.50 bits per heavy atom. The lowest BCUT2D eigenvalue weighted by Gasteiger charge is -2.16. The van der Waals surface area contributed by atoms with Crippen molar-refractivity contribution in [1.82, 2.24) is 5.32 Å². The Bertz CT molecular complexity index is 80.6. The molecule has 1 N–H and O–H groups in total. The molecule has 0 fully saturated rings. The minimum Gasteiger partial charge on any atom is -0.383 e. The zero-order valence-electron chi connectivity index (χ0n) is 8.43. The Kier molecular flexibility index (Phi) is 8.88. The van der Waals surface area contributed by atoms with E-state index in [1.165, 1.54) is 0 Å². The highest BCUT2D eigenvalue weighted by Crippen LogP contribution is 1.88. The van der Waals surface area contributed by atoms with Crippen molar-refractivity contribution in [1.29, 1.82) is 0 Å². The smallest absolute Gasteiger partial charge is 0.0642 e. The lowest BCUT2D eigenvalue weighted by molar-refractivity contribution is 0.0811. The third-order valence-electron chi connectivity index (χ3n) is 1.57. The zero-order chi connectivity index (χ0) is 9.23. The molecule has 1 unspecified atom stereocenters. The molecule has 3 heteroatoms. The summed E-state index contributed by atoms with van der Waals surface area (Å²) in [7, 11) is 1.71. The number of hydrogen-bond acceptors (Lipinski definition) is 3. The van der Waals surface area contributed by atoms with Crippen molar-refractivity contribution >= 4 is 0 Å². The van der Waals surface area contributed by atoms with Gasteiger partial charge >= 0.3 is 0 Å². The Balaban J connectivity index is 3.40. The molecule has 0 aliphatic carbocycles. The van der Waals surface area contributed by atoms with Crippen molar-refractivity contribution in [2.24, 2.45) is 0 Å². The molecule has 3 nitrogen and oxygen atoms in total. The number of hydrogen-bond donors (Lipinski definition) is 1. The molecule has 1 atom stereocenters. The van der Waals surface area contributed by atoms with E-state index in [2.05, 4.69) is 12.2 Å². The molecule has 0 bridgehead atoms. The van der Waals surface area contributed by atoms with E-state index in [0.29, 0.717) is 6.04 Å². The average molecular weight is 175 g/mol. The summed E-state index contributed by atoms with van der Waals surface area (Å²) in [6.45, 7) is 7.42. The van der Waals surface area contributed by atoms with Crippen LogP contribution in [0.25, 0.3) is 0 Å². The van der Waals surface area contributed by atoms with Crippen LogP contribution in [0.5, 0.6) is 0 Å². The van der Waals surface area contributed by atoms with Gasteiger partial charge in [-0.3, -0.25) is 0 Å². The fourth-order valence-electron chi connectivity index (χ4n) is 0.976. The summed E-state index contributed by atoms with van der Waals surface area (Å²) in [6, 6.07) is 0.342. The van der Waals surface area contributed by atoms with Crippen LogP contribution in [0.2, 0.25) is 0 Å². The van der Waals surface area contributed by atoms with Crippen LogP contribution in [0.1, 0.15) is 20.3 Å². The summed E-state index contributed by atoms with van der Waals surface area (Å²) in [5.41, 5.74) is 0. The molecule has 0 heterocycles. The summed E-state index contributed by atoms with van der Waals surface area (Å²) >= 11 is 0. The van der Waals surface area contributed by atoms with Gasteiger partial charge in [0.05, 0.1) is 19.3 Å². The second-order valence-corrected chi connectivity index (χ2v) is 2.77. The van der Waals surface area contributed by atoms with E-state index < -0.39 is 0 Å². The molecular formula is C9H21NO2. The molecule has 0 spiro atoms. The molecule has 0 aromatic carbocycles. The Morgan fingerprint density at radius 1 is 1.25 bits per heavy atom. The van der Waals surface area contributed by atoms with Crippen LogP contribution >= 0.6 is 0 Å². The maximum Gasteiger partial charge on any atom is 0.0642 e. The van der Waals surface area contributed by atoms with E-state index >= 15 is 0 Å². The molecule has 0 saturated carbocycles. The van der Waals surface area contributed by atoms with Crippen molar-refractivity contribution in [3.8, 4) is 0 Å². The lowest BCUT2D eigenvalue weighted by atomic mass is 10.3. The van der Waals surface area contributed by atoms with Crippen LogP contribution in [0.15, 0.2) is 0 Å². The summed E-state index contributed by atoms with van der Waals surface area (Å²) in [6.07, 6.45) is 1.15. The SMILES string of the molecule is CCCNC(COC)COCC. The first kappa shape index (κ1) is 11.9. The molecule has 0 aromatic rings. The molecule has 0 aliphatic rings. The minimum absolute atomic E-state index is 0.342. The van der Waals surface area contributed by atoms with Crippen LogP contribution in [-0.4, -0.2) is 39.5 Å². The Hall–Kier alpha value is -0.120. The van der Waals surface area contributed by atoms with Gasteiger partial charge in [0, 0.05) is 13.7 Å². The fourth-order valence-corrected chi connectivity index (χ4v) is 0.976. The van der Waals surface area contributed by atoms with Gasteiger partial charge in [-0.25, -0.2) is 0 Å². The van der Waals surface area contributed by atoms with Gasteiger partial charge in [0.2, 0.25) is 0 Å². The summed E-state index contributed by atoms with van der Waals surface area (Å²) in [5.74, 6) is 0. The number of rotatable bonds is 8. The molecule has 0 aromatic heterocycles. The first-order valence-electron chi connectivity index (χ1n) is 4.65. The van der Waals surface area contributed by atoms with E-state index in [9.17, 15) is 0 Å². The summed E-state index contributed by atoms with van der Waals surface area (Å²) in [5, 5.41) is 3.36. The van der Waals surface area contributed by atoms with Gasteiger partial charge in [-0.05, 0) is 19.9 Å². The van der Waals surface area contributed by atoms with Crippen molar-refractivity contribution in [2.75, 3.05) is 33.5 Å². The highest BCUT2D eigenvalue weighted by molar-refractivity contribution is 4.64. The van der Waals surface area contributed by atoms with Crippen LogP contribution in [0.3, 0.4) is 0 Å². The topological polar surface area (TPSA) is 30.5 Å². The van der Waals surface area contributed by atoms with Crippen LogP contribution in [0.4, 0.5) is 0 Å². The van der Waals surface area contributed by atoms with Crippen LogP contribution in [0, 0.1) is 0 Å². The van der Waals surface area contributed by atoms with Crippen molar-refractivity contribution in [3.63, 3.8) is 0 Å². The summed E-state index contributed by atoms with van der Waals surface area (Å²) in [4.78, 5) is 0. The van der Waals surface area contributed by atoms with Crippen molar-refractivity contribution < 1.29 is 9.47 Å². The standard InChI is InChI=1S/C9H21NO2/c1-4-6-10-9(7-11-3)8-12-5-2/h9-10H,4-8H2,1-3H3. The molecule has 0 saturated heterocycles. The van der Waals surface area contributed by atoms with Crippen molar-refractivity contribution in [2.45, 2.75) is 26.3 Å². The van der Waals surface area contributed by atoms with Crippen LogP contribution in [-0.2, 0) is 9.47 Å². The average Bonchev–Trinajstić information content (AvgIpc) is 2.10. The van der Waals surface area contributed by atoms with E-state index in [0.717, 1.165) is 32.8 Å². The fraction of sp³-hybridized carbons (Fsp3) is 1.00. The maximum absolute atomic E-state index is 5.30.